The molecular weight excluding hydrogens is 354 g/mol. The number of rotatable bonds is 2. The van der Waals surface area contributed by atoms with Gasteiger partial charge in [-0.2, -0.15) is 4.68 Å². The lowest BCUT2D eigenvalue weighted by Gasteiger charge is -2.08. The molecule has 0 fully saturated rings. The highest BCUT2D eigenvalue weighted by Crippen LogP contribution is 2.30. The van der Waals surface area contributed by atoms with Crippen LogP contribution in [0.3, 0.4) is 0 Å². The Morgan fingerprint density at radius 1 is 1.19 bits per heavy atom. The van der Waals surface area contributed by atoms with Crippen molar-refractivity contribution in [2.75, 3.05) is 5.73 Å². The molecular formula is C14H11BrClN5. The molecule has 0 unspecified atom stereocenters. The summed E-state index contributed by atoms with van der Waals surface area (Å²) in [6, 6.07) is 11.2. The first-order valence-corrected chi connectivity index (χ1v) is 7.33. The summed E-state index contributed by atoms with van der Waals surface area (Å²) in [5, 5.41) is 12.6. The minimum Gasteiger partial charge on any atom is -0.399 e. The number of aromatic nitrogens is 4. The maximum Gasteiger partial charge on any atom is 0.188 e. The summed E-state index contributed by atoms with van der Waals surface area (Å²) in [6.45, 7) is 1.95. The molecule has 1 heterocycles. The lowest BCUT2D eigenvalue weighted by molar-refractivity contribution is 0.791. The first kappa shape index (κ1) is 14.0. The molecule has 0 bridgehead atoms. The second-order valence-electron chi connectivity index (χ2n) is 4.59. The Kier molecular flexibility index (Phi) is 3.65. The van der Waals surface area contributed by atoms with Gasteiger partial charge in [-0.05, 0) is 53.2 Å². The highest BCUT2D eigenvalue weighted by Gasteiger charge is 2.14. The molecule has 0 saturated carbocycles. The van der Waals surface area contributed by atoms with Crippen LogP contribution < -0.4 is 5.73 Å². The largest absolute Gasteiger partial charge is 0.399 e. The van der Waals surface area contributed by atoms with Gasteiger partial charge in [-0.3, -0.25) is 0 Å². The number of nitrogens with zero attached hydrogens (tertiary/aromatic N) is 4. The third kappa shape index (κ3) is 2.64. The number of nitrogens with two attached hydrogens (primary N) is 1. The van der Waals surface area contributed by atoms with Gasteiger partial charge < -0.3 is 5.73 Å². The van der Waals surface area contributed by atoms with E-state index in [4.69, 9.17) is 17.3 Å². The van der Waals surface area contributed by atoms with E-state index in [9.17, 15) is 0 Å². The monoisotopic (exact) mass is 363 g/mol. The molecule has 0 aliphatic heterocycles. The Hall–Kier alpha value is -1.92. The molecule has 3 rings (SSSR count). The average molecular weight is 365 g/mol. The van der Waals surface area contributed by atoms with E-state index < -0.39 is 0 Å². The lowest BCUT2D eigenvalue weighted by atomic mass is 10.2. The predicted molar refractivity (Wildman–Crippen MR) is 86.4 cm³/mol. The smallest absolute Gasteiger partial charge is 0.188 e. The van der Waals surface area contributed by atoms with Gasteiger partial charge in [-0.15, -0.1) is 5.10 Å². The normalized spacial score (nSPS) is 10.8. The molecule has 0 aliphatic carbocycles. The van der Waals surface area contributed by atoms with Gasteiger partial charge >= 0.3 is 0 Å². The van der Waals surface area contributed by atoms with E-state index in [0.29, 0.717) is 16.5 Å². The van der Waals surface area contributed by atoms with Crippen molar-refractivity contribution < 1.29 is 0 Å². The summed E-state index contributed by atoms with van der Waals surface area (Å²) in [5.74, 6) is 0.592. The summed E-state index contributed by atoms with van der Waals surface area (Å²) in [4.78, 5) is 0. The number of nitrogen functional groups attached to an aromatic ring is 1. The molecule has 0 spiro atoms. The molecule has 0 amide bonds. The molecule has 21 heavy (non-hydrogen) atoms. The highest BCUT2D eigenvalue weighted by atomic mass is 79.9. The quantitative estimate of drug-likeness (QED) is 0.705. The fourth-order valence-electron chi connectivity index (χ4n) is 1.96. The topological polar surface area (TPSA) is 69.6 Å². The van der Waals surface area contributed by atoms with Gasteiger partial charge in [0.05, 0.1) is 5.69 Å². The lowest BCUT2D eigenvalue weighted by Crippen LogP contribution is -2.01. The molecule has 2 aromatic carbocycles. The van der Waals surface area contributed by atoms with Crippen LogP contribution in [0.2, 0.25) is 5.02 Å². The van der Waals surface area contributed by atoms with E-state index in [1.165, 1.54) is 0 Å². The predicted octanol–water partition coefficient (Wildman–Crippen LogP) is 3.64. The van der Waals surface area contributed by atoms with Crippen LogP contribution in [0.1, 0.15) is 5.56 Å². The molecule has 7 heteroatoms. The molecule has 5 nitrogen and oxygen atoms in total. The van der Waals surface area contributed by atoms with Crippen LogP contribution in [-0.2, 0) is 0 Å². The Balaban J connectivity index is 2.17. The zero-order valence-corrected chi connectivity index (χ0v) is 13.4. The molecule has 0 atom stereocenters. The van der Waals surface area contributed by atoms with Crippen LogP contribution in [0.25, 0.3) is 17.1 Å². The Bertz CT molecular complexity index is 815. The Labute approximate surface area is 134 Å². The first-order valence-electron chi connectivity index (χ1n) is 6.16. The summed E-state index contributed by atoms with van der Waals surface area (Å²) in [5.41, 5.74) is 9.10. The number of anilines is 1. The van der Waals surface area contributed by atoms with Gasteiger partial charge in [0.2, 0.25) is 0 Å². The van der Waals surface area contributed by atoms with E-state index >= 15 is 0 Å². The number of halogens is 2. The van der Waals surface area contributed by atoms with Crippen LogP contribution in [0.5, 0.6) is 0 Å². The van der Waals surface area contributed by atoms with Gasteiger partial charge in [0, 0.05) is 20.7 Å². The van der Waals surface area contributed by atoms with Crippen molar-refractivity contribution in [1.29, 1.82) is 0 Å². The zero-order valence-electron chi connectivity index (χ0n) is 11.1. The molecule has 0 radical (unpaired) electrons. The molecule has 1 aromatic heterocycles. The van der Waals surface area contributed by atoms with E-state index in [1.807, 2.05) is 43.3 Å². The molecule has 0 saturated heterocycles. The summed E-state index contributed by atoms with van der Waals surface area (Å²) < 4.78 is 2.50. The van der Waals surface area contributed by atoms with Crippen molar-refractivity contribution in [1.82, 2.24) is 20.2 Å². The van der Waals surface area contributed by atoms with Crippen LogP contribution >= 0.6 is 27.5 Å². The van der Waals surface area contributed by atoms with Crippen molar-refractivity contribution in [3.63, 3.8) is 0 Å². The van der Waals surface area contributed by atoms with Crippen molar-refractivity contribution >= 4 is 33.2 Å². The Morgan fingerprint density at radius 2 is 2.00 bits per heavy atom. The van der Waals surface area contributed by atoms with Crippen LogP contribution in [0.4, 0.5) is 5.69 Å². The number of tetrazole rings is 1. The van der Waals surface area contributed by atoms with Crippen molar-refractivity contribution in [2.24, 2.45) is 0 Å². The zero-order chi connectivity index (χ0) is 15.0. The van der Waals surface area contributed by atoms with Crippen LogP contribution in [-0.4, -0.2) is 20.2 Å². The SMILES string of the molecule is Cc1ccc(-n2nnnc2-c2cc(N)ccc2Br)cc1Cl. The van der Waals surface area contributed by atoms with Crippen molar-refractivity contribution in [3.8, 4) is 17.1 Å². The molecule has 3 aromatic rings. The second kappa shape index (κ2) is 5.46. The van der Waals surface area contributed by atoms with Gasteiger partial charge in [0.25, 0.3) is 0 Å². The summed E-state index contributed by atoms with van der Waals surface area (Å²) in [6.07, 6.45) is 0. The Morgan fingerprint density at radius 3 is 2.76 bits per heavy atom. The van der Waals surface area contributed by atoms with Crippen LogP contribution in [0, 0.1) is 6.92 Å². The van der Waals surface area contributed by atoms with E-state index in [0.717, 1.165) is 21.3 Å². The minimum atomic E-state index is 0.592. The van der Waals surface area contributed by atoms with Gasteiger partial charge in [-0.25, -0.2) is 0 Å². The maximum atomic E-state index is 6.17. The third-order valence-electron chi connectivity index (χ3n) is 3.10. The molecule has 106 valence electrons. The average Bonchev–Trinajstić information content (AvgIpc) is 2.93. The number of aryl methyl sites for hydroxylation is 1. The van der Waals surface area contributed by atoms with E-state index in [1.54, 1.807) is 4.68 Å². The standard InChI is InChI=1S/C14H11BrClN5/c1-8-2-4-10(7-13(8)16)21-14(18-19-20-21)11-6-9(17)3-5-12(11)15/h2-7H,17H2,1H3. The van der Waals surface area contributed by atoms with Gasteiger partial charge in [0.1, 0.15) is 0 Å². The number of benzene rings is 2. The fraction of sp³-hybridized carbons (Fsp3) is 0.0714. The van der Waals surface area contributed by atoms with Crippen molar-refractivity contribution in [2.45, 2.75) is 6.92 Å². The highest BCUT2D eigenvalue weighted by molar-refractivity contribution is 9.10. The number of hydrogen-bond donors (Lipinski definition) is 1. The van der Waals surface area contributed by atoms with E-state index in [-0.39, 0.29) is 0 Å². The van der Waals surface area contributed by atoms with Gasteiger partial charge in [-0.1, -0.05) is 33.6 Å². The maximum absolute atomic E-state index is 6.17. The third-order valence-corrected chi connectivity index (χ3v) is 4.20. The van der Waals surface area contributed by atoms with Gasteiger partial charge in [0.15, 0.2) is 5.82 Å². The first-order chi connectivity index (χ1) is 10.1. The number of hydrogen-bond acceptors (Lipinski definition) is 4. The van der Waals surface area contributed by atoms with E-state index in [2.05, 4.69) is 31.5 Å². The molecule has 0 aliphatic rings. The summed E-state index contributed by atoms with van der Waals surface area (Å²) >= 11 is 9.67. The van der Waals surface area contributed by atoms with Crippen LogP contribution in [0.15, 0.2) is 40.9 Å². The molecule has 2 N–H and O–H groups in total. The summed E-state index contributed by atoms with van der Waals surface area (Å²) in [7, 11) is 0. The minimum absolute atomic E-state index is 0.592. The fourth-order valence-corrected chi connectivity index (χ4v) is 2.56. The van der Waals surface area contributed by atoms with Crippen molar-refractivity contribution in [3.05, 3.63) is 51.5 Å². The second-order valence-corrected chi connectivity index (χ2v) is 5.85.